The summed E-state index contributed by atoms with van der Waals surface area (Å²) in [5.41, 5.74) is 1.25. The molecule has 1 amide bonds. The number of nitrogens with zero attached hydrogens (tertiary/aromatic N) is 3. The van der Waals surface area contributed by atoms with Gasteiger partial charge in [-0.15, -0.1) is 12.4 Å². The number of amides is 1. The van der Waals surface area contributed by atoms with Gasteiger partial charge < -0.3 is 10.2 Å². The van der Waals surface area contributed by atoms with Crippen LogP contribution in [-0.2, 0) is 0 Å². The smallest absolute Gasteiger partial charge is 0.274 e. The minimum Gasteiger partial charge on any atom is -0.339 e. The van der Waals surface area contributed by atoms with Crippen molar-refractivity contribution in [2.75, 3.05) is 27.2 Å². The highest BCUT2D eigenvalue weighted by molar-refractivity contribution is 6.30. The number of likely N-dealkylation sites (N-methyl/N-ethyl adjacent to an activating group) is 2. The molecule has 21 heavy (non-hydrogen) atoms. The van der Waals surface area contributed by atoms with Gasteiger partial charge in [0.15, 0.2) is 5.69 Å². The number of hydrogen-bond acceptors (Lipinski definition) is 3. The van der Waals surface area contributed by atoms with Crippen molar-refractivity contribution >= 4 is 29.9 Å². The van der Waals surface area contributed by atoms with Crippen LogP contribution < -0.4 is 5.32 Å². The van der Waals surface area contributed by atoms with Crippen LogP contribution in [0.15, 0.2) is 36.5 Å². The molecule has 0 unspecified atom stereocenters. The number of carbonyl (C=O) groups is 1. The molecule has 0 aliphatic rings. The van der Waals surface area contributed by atoms with Gasteiger partial charge in [-0.05, 0) is 31.3 Å². The van der Waals surface area contributed by atoms with Gasteiger partial charge in [-0.1, -0.05) is 17.7 Å². The van der Waals surface area contributed by atoms with Gasteiger partial charge in [-0.3, -0.25) is 4.79 Å². The Bertz CT molecular complexity index is 600. The zero-order chi connectivity index (χ0) is 14.5. The molecule has 0 aliphatic heterocycles. The fraction of sp³-hybridized carbons (Fsp3) is 0.286. The van der Waals surface area contributed by atoms with Crippen molar-refractivity contribution in [3.8, 4) is 5.69 Å². The minimum atomic E-state index is -0.0963. The van der Waals surface area contributed by atoms with Gasteiger partial charge in [0.1, 0.15) is 0 Å². The average molecular weight is 329 g/mol. The van der Waals surface area contributed by atoms with Crippen LogP contribution in [0.4, 0.5) is 0 Å². The normalized spacial score (nSPS) is 10.0. The molecule has 1 N–H and O–H groups in total. The highest BCUT2D eigenvalue weighted by atomic mass is 35.5. The molecule has 114 valence electrons. The molecule has 0 bridgehead atoms. The maximum atomic E-state index is 12.2. The van der Waals surface area contributed by atoms with Gasteiger partial charge in [0.25, 0.3) is 5.91 Å². The first-order valence-corrected chi connectivity index (χ1v) is 6.71. The lowest BCUT2D eigenvalue weighted by atomic mass is 10.3. The van der Waals surface area contributed by atoms with Crippen LogP contribution in [0.25, 0.3) is 5.69 Å². The summed E-state index contributed by atoms with van der Waals surface area (Å²) in [5, 5.41) is 7.94. The molecular formula is C14H18Cl2N4O. The zero-order valence-electron chi connectivity index (χ0n) is 11.9. The summed E-state index contributed by atoms with van der Waals surface area (Å²) in [6.07, 6.45) is 1.75. The Hall–Kier alpha value is -1.56. The maximum absolute atomic E-state index is 12.2. The summed E-state index contributed by atoms with van der Waals surface area (Å²) >= 11 is 5.95. The highest BCUT2D eigenvalue weighted by Crippen LogP contribution is 2.14. The summed E-state index contributed by atoms with van der Waals surface area (Å²) in [4.78, 5) is 13.8. The monoisotopic (exact) mass is 328 g/mol. The van der Waals surface area contributed by atoms with Crippen LogP contribution in [0, 0.1) is 0 Å². The van der Waals surface area contributed by atoms with E-state index in [-0.39, 0.29) is 18.3 Å². The van der Waals surface area contributed by atoms with Crippen molar-refractivity contribution in [1.82, 2.24) is 20.0 Å². The number of benzene rings is 1. The summed E-state index contributed by atoms with van der Waals surface area (Å²) < 4.78 is 1.64. The molecule has 1 aromatic heterocycles. The van der Waals surface area contributed by atoms with Crippen LogP contribution in [0.3, 0.4) is 0 Å². The number of hydrogen-bond donors (Lipinski definition) is 1. The van der Waals surface area contributed by atoms with Crippen molar-refractivity contribution in [3.63, 3.8) is 0 Å². The second kappa shape index (κ2) is 8.02. The summed E-state index contributed by atoms with van der Waals surface area (Å²) in [5.74, 6) is -0.0963. The Morgan fingerprint density at radius 3 is 2.86 bits per heavy atom. The number of aromatic nitrogens is 2. The van der Waals surface area contributed by atoms with E-state index in [2.05, 4.69) is 10.4 Å². The molecule has 5 nitrogen and oxygen atoms in total. The molecule has 0 spiro atoms. The van der Waals surface area contributed by atoms with Crippen LogP contribution in [0.2, 0.25) is 5.02 Å². The van der Waals surface area contributed by atoms with E-state index in [1.165, 1.54) is 0 Å². The topological polar surface area (TPSA) is 50.2 Å². The third-order valence-corrected chi connectivity index (χ3v) is 3.16. The largest absolute Gasteiger partial charge is 0.339 e. The third-order valence-electron chi connectivity index (χ3n) is 2.92. The molecular weight excluding hydrogens is 311 g/mol. The predicted octanol–water partition coefficient (Wildman–Crippen LogP) is 2.24. The van der Waals surface area contributed by atoms with Gasteiger partial charge in [0.2, 0.25) is 0 Å². The van der Waals surface area contributed by atoms with Gasteiger partial charge in [-0.25, -0.2) is 4.68 Å². The summed E-state index contributed by atoms with van der Waals surface area (Å²) in [6, 6.07) is 9.04. The van der Waals surface area contributed by atoms with Crippen LogP contribution in [0.1, 0.15) is 10.5 Å². The summed E-state index contributed by atoms with van der Waals surface area (Å²) in [7, 11) is 3.62. The van der Waals surface area contributed by atoms with Crippen molar-refractivity contribution in [2.24, 2.45) is 0 Å². The lowest BCUT2D eigenvalue weighted by Crippen LogP contribution is -2.33. The molecule has 0 saturated heterocycles. The Labute approximate surface area is 135 Å². The molecule has 0 saturated carbocycles. The fourth-order valence-electron chi connectivity index (χ4n) is 1.78. The van der Waals surface area contributed by atoms with Gasteiger partial charge in [-0.2, -0.15) is 5.10 Å². The first-order valence-electron chi connectivity index (χ1n) is 6.33. The second-order valence-corrected chi connectivity index (χ2v) is 4.89. The molecule has 2 rings (SSSR count). The van der Waals surface area contributed by atoms with Gasteiger partial charge >= 0.3 is 0 Å². The van der Waals surface area contributed by atoms with Crippen molar-refractivity contribution in [2.45, 2.75) is 0 Å². The quantitative estimate of drug-likeness (QED) is 0.915. The fourth-order valence-corrected chi connectivity index (χ4v) is 1.96. The molecule has 1 heterocycles. The van der Waals surface area contributed by atoms with Crippen molar-refractivity contribution < 1.29 is 4.79 Å². The number of halogens is 2. The third kappa shape index (κ3) is 4.46. The van der Waals surface area contributed by atoms with Gasteiger partial charge in [0, 0.05) is 31.4 Å². The minimum absolute atomic E-state index is 0. The van der Waals surface area contributed by atoms with E-state index >= 15 is 0 Å². The molecule has 0 aliphatic carbocycles. The van der Waals surface area contributed by atoms with Crippen LogP contribution in [-0.4, -0.2) is 47.8 Å². The molecule has 1 aromatic carbocycles. The van der Waals surface area contributed by atoms with Crippen LogP contribution >= 0.6 is 24.0 Å². The van der Waals surface area contributed by atoms with E-state index in [9.17, 15) is 4.79 Å². The molecule has 0 fully saturated rings. The summed E-state index contributed by atoms with van der Waals surface area (Å²) in [6.45, 7) is 1.39. The molecule has 0 atom stereocenters. The Kier molecular flexibility index (Phi) is 6.68. The highest BCUT2D eigenvalue weighted by Gasteiger charge is 2.14. The zero-order valence-corrected chi connectivity index (χ0v) is 13.5. The second-order valence-electron chi connectivity index (χ2n) is 4.46. The van der Waals surface area contributed by atoms with Gasteiger partial charge in [0.05, 0.1) is 5.69 Å². The van der Waals surface area contributed by atoms with Crippen LogP contribution in [0.5, 0.6) is 0 Å². The molecule has 0 radical (unpaired) electrons. The van der Waals surface area contributed by atoms with E-state index in [0.29, 0.717) is 17.3 Å². The number of nitrogens with one attached hydrogen (secondary N) is 1. The first-order chi connectivity index (χ1) is 9.61. The van der Waals surface area contributed by atoms with Crippen molar-refractivity contribution in [3.05, 3.63) is 47.2 Å². The number of carbonyl (C=O) groups excluding carboxylic acids is 1. The first kappa shape index (κ1) is 17.5. The predicted molar refractivity (Wildman–Crippen MR) is 86.7 cm³/mol. The number of rotatable bonds is 5. The Morgan fingerprint density at radius 1 is 1.43 bits per heavy atom. The van der Waals surface area contributed by atoms with E-state index in [1.54, 1.807) is 41.0 Å². The molecule has 7 heteroatoms. The Balaban J connectivity index is 0.00000220. The lowest BCUT2D eigenvalue weighted by molar-refractivity contribution is 0.0790. The van der Waals surface area contributed by atoms with E-state index < -0.39 is 0 Å². The van der Waals surface area contributed by atoms with E-state index in [0.717, 1.165) is 12.2 Å². The standard InChI is InChI=1S/C14H17ClN4O.ClH/c1-16-7-9-18(2)14(20)13-6-8-19(17-13)12-5-3-4-11(15)10-12;/h3-6,8,10,16H,7,9H2,1-2H3;1H. The van der Waals surface area contributed by atoms with Crippen molar-refractivity contribution in [1.29, 1.82) is 0 Å². The van der Waals surface area contributed by atoms with E-state index in [4.69, 9.17) is 11.6 Å². The maximum Gasteiger partial charge on any atom is 0.274 e. The SMILES string of the molecule is CNCCN(C)C(=O)c1ccn(-c2cccc(Cl)c2)n1.Cl. The lowest BCUT2D eigenvalue weighted by Gasteiger charge is -2.15. The Morgan fingerprint density at radius 2 is 2.19 bits per heavy atom. The average Bonchev–Trinajstić information content (AvgIpc) is 2.93. The van der Waals surface area contributed by atoms with E-state index in [1.807, 2.05) is 19.2 Å². The molecule has 2 aromatic rings.